The van der Waals surface area contributed by atoms with Crippen LogP contribution in [0.1, 0.15) is 22.8 Å². The molecule has 9 heteroatoms. The summed E-state index contributed by atoms with van der Waals surface area (Å²) in [6.07, 6.45) is 3.23. The van der Waals surface area contributed by atoms with Crippen molar-refractivity contribution >= 4 is 27.5 Å². The van der Waals surface area contributed by atoms with E-state index in [2.05, 4.69) is 5.10 Å². The maximum Gasteiger partial charge on any atom is 0.257 e. The Kier molecular flexibility index (Phi) is 5.64. The average molecular weight is 397 g/mol. The van der Waals surface area contributed by atoms with E-state index >= 15 is 0 Å². The Hall–Kier alpha value is -1.90. The van der Waals surface area contributed by atoms with Crippen molar-refractivity contribution in [2.24, 2.45) is 0 Å². The number of hydrogen-bond donors (Lipinski definition) is 0. The maximum atomic E-state index is 12.6. The monoisotopic (exact) mass is 396 g/mol. The van der Waals surface area contributed by atoms with Gasteiger partial charge in [-0.25, -0.2) is 8.42 Å². The number of carbonyl (C=O) groups excluding carboxylic acids is 1. The first-order chi connectivity index (χ1) is 12.4. The van der Waals surface area contributed by atoms with Gasteiger partial charge in [0, 0.05) is 37.4 Å². The van der Waals surface area contributed by atoms with Crippen LogP contribution in [-0.4, -0.2) is 65.2 Å². The molecule has 0 spiro atoms. The number of halogens is 1. The largest absolute Gasteiger partial charge is 0.336 e. The van der Waals surface area contributed by atoms with Gasteiger partial charge in [-0.1, -0.05) is 29.8 Å². The number of piperazine rings is 1. The summed E-state index contributed by atoms with van der Waals surface area (Å²) in [6.45, 7) is 3.53. The van der Waals surface area contributed by atoms with Gasteiger partial charge in [-0.2, -0.15) is 9.40 Å². The minimum Gasteiger partial charge on any atom is -0.336 e. The normalized spacial score (nSPS) is 16.0. The van der Waals surface area contributed by atoms with E-state index in [0.717, 1.165) is 5.56 Å². The van der Waals surface area contributed by atoms with Crippen LogP contribution in [0.15, 0.2) is 36.7 Å². The Morgan fingerprint density at radius 1 is 1.19 bits per heavy atom. The highest BCUT2D eigenvalue weighted by Gasteiger charge is 2.28. The zero-order chi connectivity index (χ0) is 18.7. The molecule has 0 saturated carbocycles. The lowest BCUT2D eigenvalue weighted by Crippen LogP contribution is -2.50. The first-order valence-electron chi connectivity index (χ1n) is 8.43. The number of carbonyl (C=O) groups is 1. The Morgan fingerprint density at radius 3 is 2.54 bits per heavy atom. The number of hydrogen-bond acceptors (Lipinski definition) is 4. The molecule has 2 aromatic rings. The fourth-order valence-electron chi connectivity index (χ4n) is 2.90. The molecule has 1 aliphatic heterocycles. The lowest BCUT2D eigenvalue weighted by Gasteiger charge is -2.33. The fraction of sp³-hybridized carbons (Fsp3) is 0.412. The highest BCUT2D eigenvalue weighted by Crippen LogP contribution is 2.17. The number of rotatable bonds is 5. The summed E-state index contributed by atoms with van der Waals surface area (Å²) in [6, 6.07) is 7.50. The standard InChI is InChI=1S/C17H21ClN4O3S/c1-2-26(24,25)22-9-7-20(8-10-22)17(23)15-11-19-21(13-15)12-14-5-3-4-6-16(14)18/h3-6,11,13H,2,7-10,12H2,1H3. The summed E-state index contributed by atoms with van der Waals surface area (Å²) in [5.74, 6) is -0.0561. The van der Waals surface area contributed by atoms with E-state index in [1.165, 1.54) is 10.5 Å². The van der Waals surface area contributed by atoms with Crippen molar-refractivity contribution in [1.82, 2.24) is 19.0 Å². The third-order valence-electron chi connectivity index (χ3n) is 4.45. The molecule has 26 heavy (non-hydrogen) atoms. The summed E-state index contributed by atoms with van der Waals surface area (Å²) < 4.78 is 26.9. The van der Waals surface area contributed by atoms with Gasteiger partial charge in [0.1, 0.15) is 0 Å². The van der Waals surface area contributed by atoms with Gasteiger partial charge in [0.15, 0.2) is 0 Å². The molecular weight excluding hydrogens is 376 g/mol. The third-order valence-corrected chi connectivity index (χ3v) is 6.70. The van der Waals surface area contributed by atoms with E-state index in [-0.39, 0.29) is 11.7 Å². The van der Waals surface area contributed by atoms with Crippen LogP contribution in [0.4, 0.5) is 0 Å². The van der Waals surface area contributed by atoms with Gasteiger partial charge in [0.25, 0.3) is 5.91 Å². The number of aromatic nitrogens is 2. The van der Waals surface area contributed by atoms with Crippen LogP contribution in [0.3, 0.4) is 0 Å². The molecule has 0 aliphatic carbocycles. The third kappa shape index (κ3) is 4.08. The first-order valence-corrected chi connectivity index (χ1v) is 10.4. The Bertz CT molecular complexity index is 889. The smallest absolute Gasteiger partial charge is 0.257 e. The predicted octanol–water partition coefficient (Wildman–Crippen LogP) is 1.69. The number of benzene rings is 1. The highest BCUT2D eigenvalue weighted by atomic mass is 35.5. The molecule has 0 N–H and O–H groups in total. The van der Waals surface area contributed by atoms with Crippen molar-refractivity contribution in [3.63, 3.8) is 0 Å². The number of sulfonamides is 1. The molecule has 0 radical (unpaired) electrons. The zero-order valence-corrected chi connectivity index (χ0v) is 16.1. The van der Waals surface area contributed by atoms with E-state index in [1.54, 1.807) is 22.7 Å². The molecule has 0 bridgehead atoms. The Labute approximate surface area is 158 Å². The van der Waals surface area contributed by atoms with E-state index in [9.17, 15) is 13.2 Å². The molecule has 1 saturated heterocycles. The van der Waals surface area contributed by atoms with Crippen LogP contribution in [0.25, 0.3) is 0 Å². The molecule has 1 fully saturated rings. The Morgan fingerprint density at radius 2 is 1.88 bits per heavy atom. The van der Waals surface area contributed by atoms with Gasteiger partial charge in [-0.3, -0.25) is 9.48 Å². The van der Waals surface area contributed by atoms with Crippen molar-refractivity contribution < 1.29 is 13.2 Å². The molecule has 1 aromatic heterocycles. The van der Waals surface area contributed by atoms with Gasteiger partial charge >= 0.3 is 0 Å². The molecule has 1 amide bonds. The molecular formula is C17H21ClN4O3S. The van der Waals surface area contributed by atoms with E-state index in [4.69, 9.17) is 11.6 Å². The van der Waals surface area contributed by atoms with Crippen molar-refractivity contribution in [2.75, 3.05) is 31.9 Å². The van der Waals surface area contributed by atoms with Crippen molar-refractivity contribution in [3.05, 3.63) is 52.8 Å². The lowest BCUT2D eigenvalue weighted by molar-refractivity contribution is 0.0698. The van der Waals surface area contributed by atoms with E-state index in [1.807, 2.05) is 24.3 Å². The molecule has 0 unspecified atom stereocenters. The van der Waals surface area contributed by atoms with Gasteiger partial charge < -0.3 is 4.90 Å². The van der Waals surface area contributed by atoms with Crippen LogP contribution in [0, 0.1) is 0 Å². The second-order valence-corrected chi connectivity index (χ2v) is 8.77. The molecule has 1 aromatic carbocycles. The number of nitrogens with zero attached hydrogens (tertiary/aromatic N) is 4. The molecule has 2 heterocycles. The summed E-state index contributed by atoms with van der Waals surface area (Å²) in [5.41, 5.74) is 1.42. The quantitative estimate of drug-likeness (QED) is 0.770. The van der Waals surface area contributed by atoms with Gasteiger partial charge in [-0.05, 0) is 18.6 Å². The molecule has 1 aliphatic rings. The predicted molar refractivity (Wildman–Crippen MR) is 99.7 cm³/mol. The topological polar surface area (TPSA) is 75.5 Å². The molecule has 140 valence electrons. The van der Waals surface area contributed by atoms with Crippen LogP contribution < -0.4 is 0 Å². The average Bonchev–Trinajstić information content (AvgIpc) is 3.12. The molecule has 0 atom stereocenters. The van der Waals surface area contributed by atoms with Crippen LogP contribution in [0.2, 0.25) is 5.02 Å². The summed E-state index contributed by atoms with van der Waals surface area (Å²) in [7, 11) is -3.20. The van der Waals surface area contributed by atoms with Gasteiger partial charge in [0.05, 0.1) is 24.1 Å². The highest BCUT2D eigenvalue weighted by molar-refractivity contribution is 7.89. The second kappa shape index (κ2) is 7.77. The van der Waals surface area contributed by atoms with Crippen LogP contribution in [-0.2, 0) is 16.6 Å². The summed E-state index contributed by atoms with van der Waals surface area (Å²) >= 11 is 6.16. The summed E-state index contributed by atoms with van der Waals surface area (Å²) in [4.78, 5) is 14.3. The SMILES string of the molecule is CCS(=O)(=O)N1CCN(C(=O)c2cnn(Cc3ccccc3Cl)c2)CC1. The molecule has 3 rings (SSSR count). The van der Waals surface area contributed by atoms with Crippen LogP contribution in [0.5, 0.6) is 0 Å². The van der Waals surface area contributed by atoms with Gasteiger partial charge in [0.2, 0.25) is 10.0 Å². The fourth-order valence-corrected chi connectivity index (χ4v) is 4.18. The second-order valence-electron chi connectivity index (χ2n) is 6.11. The van der Waals surface area contributed by atoms with E-state index < -0.39 is 10.0 Å². The lowest BCUT2D eigenvalue weighted by atomic mass is 10.2. The maximum absolute atomic E-state index is 12.6. The minimum atomic E-state index is -3.20. The molecule has 7 nitrogen and oxygen atoms in total. The first kappa shape index (κ1) is 18.9. The van der Waals surface area contributed by atoms with Crippen LogP contribution >= 0.6 is 11.6 Å². The minimum absolute atomic E-state index is 0.0791. The van der Waals surface area contributed by atoms with Crippen molar-refractivity contribution in [2.45, 2.75) is 13.5 Å². The Balaban J connectivity index is 1.63. The van der Waals surface area contributed by atoms with Crippen molar-refractivity contribution in [3.8, 4) is 0 Å². The zero-order valence-electron chi connectivity index (χ0n) is 14.5. The van der Waals surface area contributed by atoms with Crippen molar-refractivity contribution in [1.29, 1.82) is 0 Å². The summed E-state index contributed by atoms with van der Waals surface area (Å²) in [5, 5.41) is 4.90. The van der Waals surface area contributed by atoms with E-state index in [0.29, 0.717) is 43.3 Å². The number of amides is 1. The van der Waals surface area contributed by atoms with Gasteiger partial charge in [-0.15, -0.1) is 0 Å².